The van der Waals surface area contributed by atoms with Gasteiger partial charge >= 0.3 is 0 Å². The van der Waals surface area contributed by atoms with Crippen molar-refractivity contribution in [3.05, 3.63) is 54.1 Å². The van der Waals surface area contributed by atoms with Gasteiger partial charge in [0.05, 0.1) is 16.3 Å². The molecule has 0 aliphatic rings. The first kappa shape index (κ1) is 13.4. The second-order valence-electron chi connectivity index (χ2n) is 4.30. The number of nitrogen functional groups attached to an aromatic ring is 1. The fraction of sp³-hybridized carbons (Fsp3) is 0.143. The van der Waals surface area contributed by atoms with E-state index in [4.69, 9.17) is 5.73 Å². The quantitative estimate of drug-likeness (QED) is 0.876. The Morgan fingerprint density at radius 3 is 2.21 bits per heavy atom. The van der Waals surface area contributed by atoms with Gasteiger partial charge in [-0.25, -0.2) is 8.42 Å². The predicted octanol–water partition coefficient (Wildman–Crippen LogP) is 2.40. The maximum atomic E-state index is 12.6. The zero-order chi connectivity index (χ0) is 14.0. The van der Waals surface area contributed by atoms with E-state index >= 15 is 0 Å². The molecule has 0 saturated heterocycles. The number of hydrogen-bond donors (Lipinski definition) is 1. The van der Waals surface area contributed by atoms with Crippen molar-refractivity contribution in [2.45, 2.75) is 11.8 Å². The Labute approximate surface area is 113 Å². The zero-order valence-corrected chi connectivity index (χ0v) is 11.7. The lowest BCUT2D eigenvalue weighted by molar-refractivity contribution is 0.594. The Kier molecular flexibility index (Phi) is 3.48. The van der Waals surface area contributed by atoms with E-state index in [1.807, 2.05) is 6.07 Å². The van der Waals surface area contributed by atoms with Crippen LogP contribution in [0.4, 0.5) is 11.4 Å². The second-order valence-corrected chi connectivity index (χ2v) is 6.23. The van der Waals surface area contributed by atoms with E-state index in [0.29, 0.717) is 21.8 Å². The standard InChI is InChI=1S/C14H16N2O2S/c1-11-7-3-6-10-14(11)19(17,18)16(2)13-9-5-4-8-12(13)15/h3-10H,15H2,1-2H3. The molecule has 2 aromatic carbocycles. The van der Waals surface area contributed by atoms with Gasteiger partial charge in [-0.2, -0.15) is 0 Å². The minimum absolute atomic E-state index is 0.292. The molecule has 0 aliphatic heterocycles. The number of aryl methyl sites for hydroxylation is 1. The van der Waals surface area contributed by atoms with E-state index in [2.05, 4.69) is 0 Å². The lowest BCUT2D eigenvalue weighted by atomic mass is 10.2. The van der Waals surface area contributed by atoms with Gasteiger partial charge in [-0.1, -0.05) is 30.3 Å². The van der Waals surface area contributed by atoms with E-state index < -0.39 is 10.0 Å². The number of nitrogens with two attached hydrogens (primary N) is 1. The third kappa shape index (κ3) is 2.42. The Bertz CT molecular complexity index is 696. The van der Waals surface area contributed by atoms with Gasteiger partial charge in [-0.05, 0) is 30.7 Å². The third-order valence-electron chi connectivity index (χ3n) is 3.01. The number of rotatable bonds is 3. The largest absolute Gasteiger partial charge is 0.397 e. The Morgan fingerprint density at radius 1 is 1.00 bits per heavy atom. The van der Waals surface area contributed by atoms with Gasteiger partial charge in [0, 0.05) is 7.05 Å². The Morgan fingerprint density at radius 2 is 1.58 bits per heavy atom. The molecule has 0 amide bonds. The number of nitrogens with zero attached hydrogens (tertiary/aromatic N) is 1. The molecule has 0 unspecified atom stereocenters. The van der Waals surface area contributed by atoms with Crippen LogP contribution in [0.25, 0.3) is 0 Å². The summed E-state index contributed by atoms with van der Waals surface area (Å²) in [6, 6.07) is 13.8. The van der Waals surface area contributed by atoms with Crippen molar-refractivity contribution in [1.82, 2.24) is 0 Å². The molecule has 2 N–H and O–H groups in total. The van der Waals surface area contributed by atoms with Gasteiger partial charge in [-0.15, -0.1) is 0 Å². The van der Waals surface area contributed by atoms with Crippen molar-refractivity contribution in [3.63, 3.8) is 0 Å². The van der Waals surface area contributed by atoms with Crippen LogP contribution in [0.3, 0.4) is 0 Å². The van der Waals surface area contributed by atoms with Crippen molar-refractivity contribution in [2.75, 3.05) is 17.1 Å². The summed E-state index contributed by atoms with van der Waals surface area (Å²) in [4.78, 5) is 0.292. The molecular weight excluding hydrogens is 260 g/mol. The first-order chi connectivity index (χ1) is 8.94. The molecule has 100 valence electrons. The molecule has 5 heteroatoms. The van der Waals surface area contributed by atoms with E-state index in [1.54, 1.807) is 49.4 Å². The number of para-hydroxylation sites is 2. The molecule has 0 saturated carbocycles. The zero-order valence-electron chi connectivity index (χ0n) is 10.9. The third-order valence-corrected chi connectivity index (χ3v) is 4.94. The molecule has 0 aromatic heterocycles. The average molecular weight is 276 g/mol. The summed E-state index contributed by atoms with van der Waals surface area (Å²) in [6.07, 6.45) is 0. The van der Waals surface area contributed by atoms with E-state index in [1.165, 1.54) is 11.4 Å². The van der Waals surface area contributed by atoms with Crippen molar-refractivity contribution in [1.29, 1.82) is 0 Å². The van der Waals surface area contributed by atoms with E-state index in [9.17, 15) is 8.42 Å². The van der Waals surface area contributed by atoms with Gasteiger partial charge in [0.2, 0.25) is 0 Å². The van der Waals surface area contributed by atoms with Crippen molar-refractivity contribution in [2.24, 2.45) is 0 Å². The molecule has 0 heterocycles. The van der Waals surface area contributed by atoms with Crippen LogP contribution in [0.15, 0.2) is 53.4 Å². The Balaban J connectivity index is 2.52. The highest BCUT2D eigenvalue weighted by Crippen LogP contribution is 2.28. The minimum Gasteiger partial charge on any atom is -0.397 e. The molecule has 4 nitrogen and oxygen atoms in total. The van der Waals surface area contributed by atoms with Crippen LogP contribution in [-0.4, -0.2) is 15.5 Å². The smallest absolute Gasteiger partial charge is 0.264 e. The first-order valence-electron chi connectivity index (χ1n) is 5.83. The number of benzene rings is 2. The van der Waals surface area contributed by atoms with Crippen molar-refractivity contribution in [3.8, 4) is 0 Å². The van der Waals surface area contributed by atoms with Crippen LogP contribution < -0.4 is 10.0 Å². The fourth-order valence-corrected chi connectivity index (χ4v) is 3.34. The molecule has 0 atom stereocenters. The minimum atomic E-state index is -3.59. The fourth-order valence-electron chi connectivity index (χ4n) is 1.90. The van der Waals surface area contributed by atoms with Gasteiger partial charge in [-0.3, -0.25) is 4.31 Å². The summed E-state index contributed by atoms with van der Waals surface area (Å²) >= 11 is 0. The molecule has 0 aliphatic carbocycles. The molecule has 0 radical (unpaired) electrons. The lowest BCUT2D eigenvalue weighted by Crippen LogP contribution is -2.27. The summed E-state index contributed by atoms with van der Waals surface area (Å²) in [5, 5.41) is 0. The van der Waals surface area contributed by atoms with Crippen LogP contribution in [0.5, 0.6) is 0 Å². The van der Waals surface area contributed by atoms with E-state index in [0.717, 1.165) is 0 Å². The van der Waals surface area contributed by atoms with Gasteiger partial charge in [0.15, 0.2) is 0 Å². The van der Waals surface area contributed by atoms with Crippen LogP contribution in [0, 0.1) is 6.92 Å². The predicted molar refractivity (Wildman–Crippen MR) is 77.6 cm³/mol. The lowest BCUT2D eigenvalue weighted by Gasteiger charge is -2.21. The Hall–Kier alpha value is -2.01. The monoisotopic (exact) mass is 276 g/mol. The molecule has 0 bridgehead atoms. The maximum absolute atomic E-state index is 12.6. The average Bonchev–Trinajstić information content (AvgIpc) is 2.39. The molecule has 2 aromatic rings. The highest BCUT2D eigenvalue weighted by atomic mass is 32.2. The maximum Gasteiger partial charge on any atom is 0.264 e. The number of hydrogen-bond acceptors (Lipinski definition) is 3. The highest BCUT2D eigenvalue weighted by molar-refractivity contribution is 7.92. The van der Waals surface area contributed by atoms with Gasteiger partial charge in [0.25, 0.3) is 10.0 Å². The van der Waals surface area contributed by atoms with Gasteiger partial charge < -0.3 is 5.73 Å². The molecule has 0 fully saturated rings. The number of anilines is 2. The summed E-state index contributed by atoms with van der Waals surface area (Å²) in [5.74, 6) is 0. The molecule has 19 heavy (non-hydrogen) atoms. The van der Waals surface area contributed by atoms with Crippen molar-refractivity contribution < 1.29 is 8.42 Å². The molecule has 0 spiro atoms. The number of sulfonamides is 1. The van der Waals surface area contributed by atoms with Crippen LogP contribution in [0.2, 0.25) is 0 Å². The normalized spacial score (nSPS) is 11.3. The summed E-state index contributed by atoms with van der Waals surface area (Å²) in [6.45, 7) is 1.77. The molecule has 2 rings (SSSR count). The van der Waals surface area contributed by atoms with Crippen LogP contribution in [0.1, 0.15) is 5.56 Å². The van der Waals surface area contributed by atoms with Crippen molar-refractivity contribution >= 4 is 21.4 Å². The first-order valence-corrected chi connectivity index (χ1v) is 7.27. The summed E-state index contributed by atoms with van der Waals surface area (Å²) < 4.78 is 26.4. The second kappa shape index (κ2) is 4.93. The topological polar surface area (TPSA) is 63.4 Å². The summed E-state index contributed by atoms with van der Waals surface area (Å²) in [5.41, 5.74) is 7.45. The molecular formula is C14H16N2O2S. The van der Waals surface area contributed by atoms with Gasteiger partial charge in [0.1, 0.15) is 0 Å². The highest BCUT2D eigenvalue weighted by Gasteiger charge is 2.23. The van der Waals surface area contributed by atoms with Crippen LogP contribution >= 0.6 is 0 Å². The SMILES string of the molecule is Cc1ccccc1S(=O)(=O)N(C)c1ccccc1N. The van der Waals surface area contributed by atoms with E-state index in [-0.39, 0.29) is 0 Å². The summed E-state index contributed by atoms with van der Waals surface area (Å²) in [7, 11) is -2.08. The van der Waals surface area contributed by atoms with Crippen LogP contribution in [-0.2, 0) is 10.0 Å².